The van der Waals surface area contributed by atoms with Gasteiger partial charge in [0.15, 0.2) is 11.6 Å². The van der Waals surface area contributed by atoms with Crippen LogP contribution in [0, 0.1) is 11.6 Å². The summed E-state index contributed by atoms with van der Waals surface area (Å²) >= 11 is 0. The standard InChI is InChI=1S/C14H13F2N5O3S/c1-24-9-3-5-11-10(6-9)19-20-21(11)12-4-2-8(13(15)14(12)16)7-18-25(17,22)23/h2-6,18H,7H2,1H3,(H2,17,22,23). The first-order chi connectivity index (χ1) is 11.8. The number of nitrogens with one attached hydrogen (secondary N) is 1. The molecule has 0 radical (unpaired) electrons. The number of methoxy groups -OCH3 is 1. The van der Waals surface area contributed by atoms with Gasteiger partial charge in [-0.15, -0.1) is 5.10 Å². The van der Waals surface area contributed by atoms with Crippen LogP contribution >= 0.6 is 0 Å². The van der Waals surface area contributed by atoms with Gasteiger partial charge in [0.25, 0.3) is 10.2 Å². The normalized spacial score (nSPS) is 11.8. The molecule has 3 rings (SSSR count). The van der Waals surface area contributed by atoms with Crippen molar-refractivity contribution in [2.75, 3.05) is 7.11 Å². The molecule has 0 fully saturated rings. The Bertz CT molecular complexity index is 1050. The molecular formula is C14H13F2N5O3S. The quantitative estimate of drug-likeness (QED) is 0.697. The van der Waals surface area contributed by atoms with Crippen LogP contribution in [0.2, 0.25) is 0 Å². The summed E-state index contributed by atoms with van der Waals surface area (Å²) in [6.45, 7) is -0.475. The fraction of sp³-hybridized carbons (Fsp3) is 0.143. The lowest BCUT2D eigenvalue weighted by Crippen LogP contribution is -2.30. The highest BCUT2D eigenvalue weighted by atomic mass is 32.2. The SMILES string of the molecule is COc1ccc2c(c1)nnn2-c1ccc(CNS(N)(=O)=O)c(F)c1F. The van der Waals surface area contributed by atoms with Gasteiger partial charge in [-0.05, 0) is 18.2 Å². The van der Waals surface area contributed by atoms with E-state index in [1.807, 2.05) is 4.72 Å². The number of fused-ring (bicyclic) bond motifs is 1. The molecule has 0 unspecified atom stereocenters. The number of nitrogens with two attached hydrogens (primary N) is 1. The van der Waals surface area contributed by atoms with Crippen molar-refractivity contribution in [1.82, 2.24) is 19.7 Å². The number of hydrogen-bond donors (Lipinski definition) is 2. The topological polar surface area (TPSA) is 112 Å². The molecule has 0 aliphatic heterocycles. The maximum Gasteiger partial charge on any atom is 0.274 e. The Kier molecular flexibility index (Phi) is 4.37. The smallest absolute Gasteiger partial charge is 0.274 e. The molecule has 1 heterocycles. The second-order valence-corrected chi connectivity index (χ2v) is 6.47. The van der Waals surface area contributed by atoms with E-state index in [9.17, 15) is 17.2 Å². The summed E-state index contributed by atoms with van der Waals surface area (Å²) in [6.07, 6.45) is 0. The molecule has 0 bridgehead atoms. The Morgan fingerprint density at radius 1 is 1.24 bits per heavy atom. The summed E-state index contributed by atoms with van der Waals surface area (Å²) in [4.78, 5) is 0. The lowest BCUT2D eigenvalue weighted by Gasteiger charge is -2.09. The first-order valence-electron chi connectivity index (χ1n) is 6.94. The Balaban J connectivity index is 2.02. The van der Waals surface area contributed by atoms with E-state index < -0.39 is 28.4 Å². The third kappa shape index (κ3) is 3.43. The third-order valence-corrected chi connectivity index (χ3v) is 4.03. The monoisotopic (exact) mass is 369 g/mol. The number of hydrogen-bond acceptors (Lipinski definition) is 5. The number of ether oxygens (including phenoxy) is 1. The van der Waals surface area contributed by atoms with Gasteiger partial charge in [-0.3, -0.25) is 0 Å². The summed E-state index contributed by atoms with van der Waals surface area (Å²) in [7, 11) is -2.52. The highest BCUT2D eigenvalue weighted by Crippen LogP contribution is 2.24. The molecule has 3 aromatic rings. The van der Waals surface area contributed by atoms with Crippen molar-refractivity contribution >= 4 is 21.2 Å². The zero-order chi connectivity index (χ0) is 18.2. The maximum absolute atomic E-state index is 14.4. The van der Waals surface area contributed by atoms with E-state index in [1.54, 1.807) is 18.2 Å². The summed E-state index contributed by atoms with van der Waals surface area (Å²) in [5.41, 5.74) is 0.541. The number of benzene rings is 2. The molecule has 8 nitrogen and oxygen atoms in total. The van der Waals surface area contributed by atoms with Gasteiger partial charge in [0, 0.05) is 18.2 Å². The van der Waals surface area contributed by atoms with E-state index in [2.05, 4.69) is 10.3 Å². The van der Waals surface area contributed by atoms with Gasteiger partial charge in [0.2, 0.25) is 0 Å². The van der Waals surface area contributed by atoms with Crippen molar-refractivity contribution in [2.45, 2.75) is 6.54 Å². The number of halogens is 2. The minimum atomic E-state index is -4.02. The fourth-order valence-corrected chi connectivity index (χ4v) is 2.62. The summed E-state index contributed by atoms with van der Waals surface area (Å²) < 4.78 is 58.5. The highest BCUT2D eigenvalue weighted by Gasteiger charge is 2.18. The van der Waals surface area contributed by atoms with Crippen LogP contribution in [0.5, 0.6) is 5.75 Å². The number of nitrogens with zero attached hydrogens (tertiary/aromatic N) is 3. The van der Waals surface area contributed by atoms with Gasteiger partial charge in [-0.1, -0.05) is 11.3 Å². The minimum absolute atomic E-state index is 0.162. The van der Waals surface area contributed by atoms with E-state index in [4.69, 9.17) is 9.88 Å². The van der Waals surface area contributed by atoms with Gasteiger partial charge in [-0.25, -0.2) is 18.6 Å². The van der Waals surface area contributed by atoms with Crippen molar-refractivity contribution in [3.05, 3.63) is 47.5 Å². The zero-order valence-corrected chi connectivity index (χ0v) is 13.7. The van der Waals surface area contributed by atoms with Crippen LogP contribution in [0.15, 0.2) is 30.3 Å². The molecule has 25 heavy (non-hydrogen) atoms. The van der Waals surface area contributed by atoms with Gasteiger partial charge in [0.1, 0.15) is 17.0 Å². The first kappa shape index (κ1) is 17.2. The fourth-order valence-electron chi connectivity index (χ4n) is 2.27. The Hall–Kier alpha value is -2.63. The highest BCUT2D eigenvalue weighted by molar-refractivity contribution is 7.87. The molecule has 11 heteroatoms. The van der Waals surface area contributed by atoms with E-state index in [1.165, 1.54) is 19.2 Å². The van der Waals surface area contributed by atoms with E-state index in [0.29, 0.717) is 16.8 Å². The van der Waals surface area contributed by atoms with Gasteiger partial charge >= 0.3 is 0 Å². The Labute approximate surface area is 141 Å². The molecule has 132 valence electrons. The van der Waals surface area contributed by atoms with Gasteiger partial charge in [-0.2, -0.15) is 13.1 Å². The van der Waals surface area contributed by atoms with E-state index >= 15 is 0 Å². The summed E-state index contributed by atoms with van der Waals surface area (Å²) in [5, 5.41) is 12.5. The maximum atomic E-state index is 14.4. The van der Waals surface area contributed by atoms with Gasteiger partial charge < -0.3 is 4.74 Å². The van der Waals surface area contributed by atoms with E-state index in [-0.39, 0.29) is 11.3 Å². The molecular weight excluding hydrogens is 356 g/mol. The summed E-state index contributed by atoms with van der Waals surface area (Å²) in [6, 6.07) is 7.38. The van der Waals surface area contributed by atoms with Crippen molar-refractivity contribution in [3.8, 4) is 11.4 Å². The van der Waals surface area contributed by atoms with Crippen LogP contribution in [0.1, 0.15) is 5.56 Å². The minimum Gasteiger partial charge on any atom is -0.497 e. The summed E-state index contributed by atoms with van der Waals surface area (Å²) in [5.74, 6) is -1.84. The molecule has 0 atom stereocenters. The zero-order valence-electron chi connectivity index (χ0n) is 12.9. The van der Waals surface area contributed by atoms with E-state index in [0.717, 1.165) is 4.68 Å². The molecule has 1 aromatic heterocycles. The predicted molar refractivity (Wildman–Crippen MR) is 85.3 cm³/mol. The molecule has 0 saturated heterocycles. The lowest BCUT2D eigenvalue weighted by atomic mass is 10.1. The third-order valence-electron chi connectivity index (χ3n) is 3.49. The molecule has 3 N–H and O–H groups in total. The first-order valence-corrected chi connectivity index (χ1v) is 8.49. The van der Waals surface area contributed by atoms with Crippen molar-refractivity contribution in [3.63, 3.8) is 0 Å². The van der Waals surface area contributed by atoms with Crippen molar-refractivity contribution in [1.29, 1.82) is 0 Å². The molecule has 0 aliphatic rings. The molecule has 2 aromatic carbocycles. The van der Waals surface area contributed by atoms with Crippen LogP contribution in [-0.2, 0) is 16.8 Å². The molecule has 0 amide bonds. The molecule has 0 spiro atoms. The van der Waals surface area contributed by atoms with Crippen LogP contribution in [0.3, 0.4) is 0 Å². The largest absolute Gasteiger partial charge is 0.497 e. The van der Waals surface area contributed by atoms with Crippen molar-refractivity contribution in [2.24, 2.45) is 5.14 Å². The van der Waals surface area contributed by atoms with Crippen LogP contribution < -0.4 is 14.6 Å². The second-order valence-electron chi connectivity index (χ2n) is 5.09. The average molecular weight is 369 g/mol. The number of aromatic nitrogens is 3. The van der Waals surface area contributed by atoms with Crippen LogP contribution in [0.4, 0.5) is 8.78 Å². The van der Waals surface area contributed by atoms with Gasteiger partial charge in [0.05, 0.1) is 12.6 Å². The van der Waals surface area contributed by atoms with Crippen LogP contribution in [-0.4, -0.2) is 30.5 Å². The predicted octanol–water partition coefficient (Wildman–Crippen LogP) is 1.00. The second kappa shape index (κ2) is 6.35. The van der Waals surface area contributed by atoms with Crippen LogP contribution in [0.25, 0.3) is 16.7 Å². The number of rotatable bonds is 5. The van der Waals surface area contributed by atoms with Crippen molar-refractivity contribution < 1.29 is 21.9 Å². The molecule has 0 saturated carbocycles. The lowest BCUT2D eigenvalue weighted by molar-refractivity contribution is 0.415. The Morgan fingerprint density at radius 2 is 2.00 bits per heavy atom. The molecule has 0 aliphatic carbocycles. The average Bonchev–Trinajstić information content (AvgIpc) is 2.98. The Morgan fingerprint density at radius 3 is 2.68 bits per heavy atom.